The van der Waals surface area contributed by atoms with Gasteiger partial charge in [0, 0.05) is 12.4 Å². The van der Waals surface area contributed by atoms with Crippen LogP contribution in [0.3, 0.4) is 0 Å². The summed E-state index contributed by atoms with van der Waals surface area (Å²) in [4.78, 5) is 8.46. The monoisotopic (exact) mass is 211 g/mol. The first kappa shape index (κ1) is 9.33. The van der Waals surface area contributed by atoms with E-state index in [-0.39, 0.29) is 0 Å². The standard InChI is InChI=1S/C13H13N3/c1-8-4-5-10-12-11(6-14-7-15-12)16(3)13(10)9(8)2/h4-7H,1-3H3. The van der Waals surface area contributed by atoms with E-state index in [1.54, 1.807) is 6.33 Å². The Labute approximate surface area is 93.7 Å². The molecule has 3 rings (SSSR count). The zero-order chi connectivity index (χ0) is 11.3. The summed E-state index contributed by atoms with van der Waals surface area (Å²) in [5.41, 5.74) is 6.02. The van der Waals surface area contributed by atoms with Crippen LogP contribution >= 0.6 is 0 Å². The maximum Gasteiger partial charge on any atom is 0.116 e. The normalized spacial score (nSPS) is 11.4. The largest absolute Gasteiger partial charge is 0.341 e. The summed E-state index contributed by atoms with van der Waals surface area (Å²) in [7, 11) is 2.07. The van der Waals surface area contributed by atoms with Gasteiger partial charge in [0.15, 0.2) is 0 Å². The van der Waals surface area contributed by atoms with Gasteiger partial charge in [0.25, 0.3) is 0 Å². The second kappa shape index (κ2) is 3.04. The smallest absolute Gasteiger partial charge is 0.116 e. The second-order valence-electron chi connectivity index (χ2n) is 4.22. The predicted molar refractivity (Wildman–Crippen MR) is 65.5 cm³/mol. The molecule has 0 unspecified atom stereocenters. The molecule has 3 aromatic rings. The van der Waals surface area contributed by atoms with Gasteiger partial charge in [-0.3, -0.25) is 0 Å². The molecule has 0 radical (unpaired) electrons. The highest BCUT2D eigenvalue weighted by Gasteiger charge is 2.11. The van der Waals surface area contributed by atoms with Crippen molar-refractivity contribution in [3.63, 3.8) is 0 Å². The van der Waals surface area contributed by atoms with Crippen LogP contribution in [0.25, 0.3) is 21.9 Å². The first-order valence-electron chi connectivity index (χ1n) is 5.34. The average Bonchev–Trinajstić information content (AvgIpc) is 2.59. The molecule has 0 aliphatic rings. The lowest BCUT2D eigenvalue weighted by molar-refractivity contribution is 0.996. The summed E-state index contributed by atoms with van der Waals surface area (Å²) in [6.07, 6.45) is 3.48. The summed E-state index contributed by atoms with van der Waals surface area (Å²) in [6.45, 7) is 4.29. The predicted octanol–water partition coefficient (Wildman–Crippen LogP) is 2.74. The van der Waals surface area contributed by atoms with E-state index in [4.69, 9.17) is 0 Å². The van der Waals surface area contributed by atoms with Crippen LogP contribution in [0.5, 0.6) is 0 Å². The van der Waals surface area contributed by atoms with Crippen LogP contribution < -0.4 is 0 Å². The van der Waals surface area contributed by atoms with Crippen molar-refractivity contribution in [1.29, 1.82) is 0 Å². The first-order valence-corrected chi connectivity index (χ1v) is 5.34. The molecule has 2 aromatic heterocycles. The number of hydrogen-bond donors (Lipinski definition) is 0. The number of aryl methyl sites for hydroxylation is 3. The summed E-state index contributed by atoms with van der Waals surface area (Å²) < 4.78 is 2.17. The fourth-order valence-corrected chi connectivity index (χ4v) is 2.32. The summed E-state index contributed by atoms with van der Waals surface area (Å²) >= 11 is 0. The van der Waals surface area contributed by atoms with Crippen molar-refractivity contribution in [3.8, 4) is 0 Å². The van der Waals surface area contributed by atoms with E-state index in [1.165, 1.54) is 22.0 Å². The lowest BCUT2D eigenvalue weighted by Crippen LogP contribution is -1.91. The molecule has 0 spiro atoms. The fourth-order valence-electron chi connectivity index (χ4n) is 2.32. The first-order chi connectivity index (χ1) is 7.70. The third-order valence-corrected chi connectivity index (χ3v) is 3.35. The Hall–Kier alpha value is -1.90. The molecular weight excluding hydrogens is 198 g/mol. The third-order valence-electron chi connectivity index (χ3n) is 3.35. The average molecular weight is 211 g/mol. The molecule has 0 N–H and O–H groups in total. The molecule has 0 aliphatic heterocycles. The quantitative estimate of drug-likeness (QED) is 0.572. The van der Waals surface area contributed by atoms with Gasteiger partial charge in [0.1, 0.15) is 6.33 Å². The minimum Gasteiger partial charge on any atom is -0.341 e. The Kier molecular flexibility index (Phi) is 1.78. The van der Waals surface area contributed by atoms with Gasteiger partial charge < -0.3 is 4.57 Å². The highest BCUT2D eigenvalue weighted by molar-refractivity contribution is 6.06. The molecule has 3 nitrogen and oxygen atoms in total. The van der Waals surface area contributed by atoms with Gasteiger partial charge in [-0.05, 0) is 25.0 Å². The molecule has 0 atom stereocenters. The van der Waals surface area contributed by atoms with E-state index in [1.807, 2.05) is 6.20 Å². The zero-order valence-electron chi connectivity index (χ0n) is 9.65. The van der Waals surface area contributed by atoms with Crippen LogP contribution in [0.4, 0.5) is 0 Å². The van der Waals surface area contributed by atoms with Crippen molar-refractivity contribution in [3.05, 3.63) is 35.8 Å². The molecule has 0 fully saturated rings. The second-order valence-corrected chi connectivity index (χ2v) is 4.22. The topological polar surface area (TPSA) is 30.7 Å². The number of rotatable bonds is 0. The number of benzene rings is 1. The minimum atomic E-state index is 1.04. The van der Waals surface area contributed by atoms with Crippen LogP contribution in [0.1, 0.15) is 11.1 Å². The van der Waals surface area contributed by atoms with E-state index in [0.29, 0.717) is 0 Å². The van der Waals surface area contributed by atoms with Crippen molar-refractivity contribution >= 4 is 21.9 Å². The van der Waals surface area contributed by atoms with Gasteiger partial charge in [-0.15, -0.1) is 0 Å². The van der Waals surface area contributed by atoms with Crippen LogP contribution in [0, 0.1) is 13.8 Å². The Morgan fingerprint density at radius 3 is 2.81 bits per heavy atom. The van der Waals surface area contributed by atoms with Gasteiger partial charge in [-0.25, -0.2) is 9.97 Å². The van der Waals surface area contributed by atoms with Crippen molar-refractivity contribution in [2.75, 3.05) is 0 Å². The molecule has 0 amide bonds. The van der Waals surface area contributed by atoms with Crippen LogP contribution in [-0.2, 0) is 7.05 Å². The molecule has 2 heterocycles. The number of hydrogen-bond acceptors (Lipinski definition) is 2. The minimum absolute atomic E-state index is 1.04. The Balaban J connectivity index is 2.67. The molecule has 0 saturated heterocycles. The lowest BCUT2D eigenvalue weighted by Gasteiger charge is -2.04. The molecule has 0 aliphatic carbocycles. The van der Waals surface area contributed by atoms with E-state index in [0.717, 1.165) is 11.0 Å². The number of fused-ring (bicyclic) bond motifs is 3. The van der Waals surface area contributed by atoms with Crippen LogP contribution in [-0.4, -0.2) is 14.5 Å². The van der Waals surface area contributed by atoms with E-state index in [2.05, 4.69) is 47.6 Å². The van der Waals surface area contributed by atoms with Crippen molar-refractivity contribution < 1.29 is 0 Å². The summed E-state index contributed by atoms with van der Waals surface area (Å²) in [5, 5.41) is 1.21. The highest BCUT2D eigenvalue weighted by Crippen LogP contribution is 2.29. The molecule has 80 valence electrons. The molecule has 16 heavy (non-hydrogen) atoms. The van der Waals surface area contributed by atoms with E-state index in [9.17, 15) is 0 Å². The van der Waals surface area contributed by atoms with Crippen molar-refractivity contribution in [1.82, 2.24) is 14.5 Å². The third kappa shape index (κ3) is 1.03. The van der Waals surface area contributed by atoms with Gasteiger partial charge in [-0.2, -0.15) is 0 Å². The summed E-state index contributed by atoms with van der Waals surface area (Å²) in [5.74, 6) is 0. The molecule has 1 aromatic carbocycles. The molecule has 3 heteroatoms. The van der Waals surface area contributed by atoms with Crippen LogP contribution in [0.2, 0.25) is 0 Å². The van der Waals surface area contributed by atoms with Gasteiger partial charge in [0.2, 0.25) is 0 Å². The Morgan fingerprint density at radius 1 is 1.19 bits per heavy atom. The molecule has 0 saturated carbocycles. The van der Waals surface area contributed by atoms with Crippen molar-refractivity contribution in [2.24, 2.45) is 7.05 Å². The molecule has 0 bridgehead atoms. The molecular formula is C13H13N3. The fraction of sp³-hybridized carbons (Fsp3) is 0.231. The van der Waals surface area contributed by atoms with Crippen LogP contribution in [0.15, 0.2) is 24.7 Å². The van der Waals surface area contributed by atoms with E-state index < -0.39 is 0 Å². The Morgan fingerprint density at radius 2 is 2.00 bits per heavy atom. The number of nitrogens with zero attached hydrogens (tertiary/aromatic N) is 3. The van der Waals surface area contributed by atoms with Gasteiger partial charge >= 0.3 is 0 Å². The van der Waals surface area contributed by atoms with Crippen molar-refractivity contribution in [2.45, 2.75) is 13.8 Å². The van der Waals surface area contributed by atoms with Gasteiger partial charge in [-0.1, -0.05) is 12.1 Å². The highest BCUT2D eigenvalue weighted by atomic mass is 15.0. The van der Waals surface area contributed by atoms with Gasteiger partial charge in [0.05, 0.1) is 22.7 Å². The number of aromatic nitrogens is 3. The zero-order valence-corrected chi connectivity index (χ0v) is 9.65. The maximum atomic E-state index is 4.37. The van der Waals surface area contributed by atoms with E-state index >= 15 is 0 Å². The Bertz CT molecular complexity index is 695. The summed E-state index contributed by atoms with van der Waals surface area (Å²) in [6, 6.07) is 4.30. The maximum absolute atomic E-state index is 4.37. The SMILES string of the molecule is Cc1ccc2c3ncncc3n(C)c2c1C. The lowest BCUT2D eigenvalue weighted by atomic mass is 10.1.